The number of hydrogen-bond donors (Lipinski definition) is 0. The van der Waals surface area contributed by atoms with Crippen molar-refractivity contribution in [1.29, 1.82) is 0 Å². The van der Waals surface area contributed by atoms with E-state index < -0.39 is 0 Å². The van der Waals surface area contributed by atoms with Gasteiger partial charge in [0.1, 0.15) is 5.82 Å². The Morgan fingerprint density at radius 2 is 1.79 bits per heavy atom. The number of hydrogen-bond acceptors (Lipinski definition) is 2. The average molecular weight is 380 g/mol. The molecule has 0 aliphatic carbocycles. The van der Waals surface area contributed by atoms with Crippen LogP contribution in [0.4, 0.5) is 8.78 Å². The minimum Gasteiger partial charge on any atom is -0.205 e. The molecule has 24 heavy (non-hydrogen) atoms. The fourth-order valence-corrected chi connectivity index (χ4v) is 6.88. The summed E-state index contributed by atoms with van der Waals surface area (Å²) >= 11 is 4.71. The summed E-state index contributed by atoms with van der Waals surface area (Å²) < 4.78 is 32.1. The maximum absolute atomic E-state index is 15.1. The second-order valence-electron chi connectivity index (χ2n) is 5.91. The van der Waals surface area contributed by atoms with Gasteiger partial charge in [0.2, 0.25) is 0 Å². The Bertz CT molecular complexity index is 956. The average Bonchev–Trinajstić information content (AvgIpc) is 2.99. The van der Waals surface area contributed by atoms with Crippen molar-refractivity contribution in [3.05, 3.63) is 47.0 Å². The molecule has 2 heterocycles. The highest BCUT2D eigenvalue weighted by Crippen LogP contribution is 2.39. The molecule has 2 aromatic carbocycles. The van der Waals surface area contributed by atoms with Gasteiger partial charge in [0, 0.05) is 22.9 Å². The lowest BCUT2D eigenvalue weighted by Crippen LogP contribution is -2.08. The minimum absolute atomic E-state index is 0.175. The highest BCUT2D eigenvalue weighted by Gasteiger charge is 2.25. The molecule has 0 atom stereocenters. The van der Waals surface area contributed by atoms with Crippen molar-refractivity contribution in [1.82, 2.24) is 0 Å². The predicted octanol–water partition coefficient (Wildman–Crippen LogP) is 5.98. The molecule has 0 unspecified atom stereocenters. The van der Waals surface area contributed by atoms with Crippen LogP contribution in [0.1, 0.15) is 30.9 Å². The van der Waals surface area contributed by atoms with Crippen LogP contribution in [0.15, 0.2) is 24.3 Å². The van der Waals surface area contributed by atoms with Gasteiger partial charge in [-0.3, -0.25) is 0 Å². The van der Waals surface area contributed by atoms with Gasteiger partial charge in [-0.1, -0.05) is 43.3 Å². The largest absolute Gasteiger partial charge is 0.268 e. The number of thiophene rings is 1. The first kappa shape index (κ1) is 16.4. The van der Waals surface area contributed by atoms with Crippen LogP contribution in [0.3, 0.4) is 0 Å². The third kappa shape index (κ3) is 2.67. The van der Waals surface area contributed by atoms with E-state index in [1.807, 2.05) is 31.2 Å². The van der Waals surface area contributed by atoms with Gasteiger partial charge in [-0.25, -0.2) is 8.78 Å². The molecule has 0 saturated carbocycles. The van der Waals surface area contributed by atoms with Crippen LogP contribution in [-0.2, 0) is 17.8 Å². The van der Waals surface area contributed by atoms with Crippen molar-refractivity contribution in [3.8, 4) is 0 Å². The van der Waals surface area contributed by atoms with Crippen LogP contribution in [0.5, 0.6) is 0 Å². The van der Waals surface area contributed by atoms with Crippen LogP contribution in [0.25, 0.3) is 20.2 Å². The van der Waals surface area contributed by atoms with E-state index in [4.69, 9.17) is 0 Å². The molecule has 0 spiro atoms. The Balaban J connectivity index is 1.94. The van der Waals surface area contributed by atoms with Crippen molar-refractivity contribution < 1.29 is 8.78 Å². The third-order valence-corrected chi connectivity index (χ3v) is 8.13. The van der Waals surface area contributed by atoms with Gasteiger partial charge in [0.05, 0.1) is 15.0 Å². The third-order valence-electron chi connectivity index (χ3n) is 4.26. The summed E-state index contributed by atoms with van der Waals surface area (Å²) in [4.78, 5) is 0. The Hall–Kier alpha value is -1.04. The lowest BCUT2D eigenvalue weighted by atomic mass is 10.1. The first-order chi connectivity index (χ1) is 11.7. The summed E-state index contributed by atoms with van der Waals surface area (Å²) in [6.45, 7) is 2.04. The zero-order valence-corrected chi connectivity index (χ0v) is 15.8. The highest BCUT2D eigenvalue weighted by molar-refractivity contribution is 8.23. The molecule has 0 radical (unpaired) electrons. The number of thioether (sulfide) groups is 1. The molecule has 0 saturated heterocycles. The van der Waals surface area contributed by atoms with Crippen molar-refractivity contribution in [2.45, 2.75) is 26.2 Å². The second kappa shape index (κ2) is 6.70. The fourth-order valence-electron chi connectivity index (χ4n) is 3.08. The molecule has 5 heteroatoms. The van der Waals surface area contributed by atoms with Crippen LogP contribution in [0.2, 0.25) is 0 Å². The maximum atomic E-state index is 15.1. The summed E-state index contributed by atoms with van der Waals surface area (Å²) in [5, 5.41) is 1.65. The Morgan fingerprint density at radius 3 is 2.50 bits per heavy atom. The van der Waals surface area contributed by atoms with E-state index in [-0.39, 0.29) is 11.6 Å². The van der Waals surface area contributed by atoms with E-state index in [0.29, 0.717) is 15.0 Å². The molecule has 3 aromatic rings. The van der Waals surface area contributed by atoms with E-state index in [1.54, 1.807) is 23.1 Å². The smallest absolute Gasteiger partial charge is 0.205 e. The Morgan fingerprint density at radius 1 is 1.04 bits per heavy atom. The molecule has 0 N–H and O–H groups in total. The highest BCUT2D eigenvalue weighted by atomic mass is 32.2. The lowest BCUT2D eigenvalue weighted by molar-refractivity contribution is 0.621. The summed E-state index contributed by atoms with van der Waals surface area (Å²) in [6, 6.07) is 7.61. The van der Waals surface area contributed by atoms with Crippen LogP contribution in [-0.4, -0.2) is 15.7 Å². The van der Waals surface area contributed by atoms with Crippen molar-refractivity contribution in [2.24, 2.45) is 0 Å². The van der Waals surface area contributed by atoms with Gasteiger partial charge in [-0.2, -0.15) is 0 Å². The molecule has 1 aromatic heterocycles. The SMILES string of the molecule is CCCc1ccc2c(sc3c(F)c(C4=[S+]CCCS4)ccc32)c1F. The van der Waals surface area contributed by atoms with Crippen molar-refractivity contribution in [3.63, 3.8) is 0 Å². The monoisotopic (exact) mass is 379 g/mol. The molecule has 1 aliphatic rings. The van der Waals surface area contributed by atoms with Crippen LogP contribution >= 0.6 is 23.1 Å². The number of rotatable bonds is 3. The Kier molecular flexibility index (Phi) is 4.58. The van der Waals surface area contributed by atoms with Gasteiger partial charge in [-0.05, 0) is 18.1 Å². The number of aryl methyl sites for hydroxylation is 1. The molecule has 4 rings (SSSR count). The summed E-state index contributed by atoms with van der Waals surface area (Å²) in [5.74, 6) is 1.72. The molecular formula is C19H17F2S3+. The topological polar surface area (TPSA) is 0 Å². The van der Waals surface area contributed by atoms with E-state index in [0.717, 1.165) is 51.3 Å². The molecule has 1 aliphatic heterocycles. The number of benzene rings is 2. The summed E-state index contributed by atoms with van der Waals surface area (Å²) in [7, 11) is 0. The van der Waals surface area contributed by atoms with E-state index in [2.05, 4.69) is 0 Å². The number of fused-ring (bicyclic) bond motifs is 3. The van der Waals surface area contributed by atoms with Gasteiger partial charge in [0.15, 0.2) is 22.9 Å². The zero-order chi connectivity index (χ0) is 16.7. The van der Waals surface area contributed by atoms with Crippen molar-refractivity contribution in [2.75, 3.05) is 11.5 Å². The maximum Gasteiger partial charge on any atom is 0.268 e. The standard InChI is InChI=1S/C19H17F2S3/c1-2-4-11-5-6-12-13-7-8-14(19-22-9-3-10-23-19)16(21)18(13)24-17(12)15(11)20/h5-8H,2-4,9-10H2,1H3/q+1. The predicted molar refractivity (Wildman–Crippen MR) is 107 cm³/mol. The first-order valence-corrected chi connectivity index (χ1v) is 10.9. The first-order valence-electron chi connectivity index (χ1n) is 8.15. The molecule has 124 valence electrons. The van der Waals surface area contributed by atoms with E-state index in [1.165, 1.54) is 11.3 Å². The van der Waals surface area contributed by atoms with Crippen molar-refractivity contribution >= 4 is 58.8 Å². The molecular weight excluding hydrogens is 362 g/mol. The quantitative estimate of drug-likeness (QED) is 0.398. The minimum atomic E-state index is -0.193. The normalized spacial score (nSPS) is 15.2. The lowest BCUT2D eigenvalue weighted by Gasteiger charge is -2.04. The molecule has 0 bridgehead atoms. The number of halogens is 2. The summed E-state index contributed by atoms with van der Waals surface area (Å²) in [6.07, 6.45) is 2.78. The zero-order valence-electron chi connectivity index (χ0n) is 13.3. The van der Waals surface area contributed by atoms with Gasteiger partial charge in [-0.15, -0.1) is 11.3 Å². The molecule has 0 nitrogen and oxygen atoms in total. The molecule has 0 amide bonds. The molecule has 0 fully saturated rings. The van der Waals surface area contributed by atoms with Crippen LogP contribution < -0.4 is 0 Å². The van der Waals surface area contributed by atoms with Gasteiger partial charge >= 0.3 is 0 Å². The Labute approximate surface area is 152 Å². The fraction of sp³-hybridized carbons (Fsp3) is 0.316. The van der Waals surface area contributed by atoms with E-state index >= 15 is 4.39 Å². The summed E-state index contributed by atoms with van der Waals surface area (Å²) in [5.41, 5.74) is 1.41. The van der Waals surface area contributed by atoms with E-state index in [9.17, 15) is 4.39 Å². The second-order valence-corrected chi connectivity index (χ2v) is 9.40. The van der Waals surface area contributed by atoms with Crippen LogP contribution in [0, 0.1) is 11.6 Å². The van der Waals surface area contributed by atoms with Gasteiger partial charge < -0.3 is 0 Å². The van der Waals surface area contributed by atoms with Gasteiger partial charge in [0.25, 0.3) is 4.20 Å².